The van der Waals surface area contributed by atoms with Gasteiger partial charge in [0.15, 0.2) is 0 Å². The Morgan fingerprint density at radius 2 is 1.86 bits per heavy atom. The van der Waals surface area contributed by atoms with Gasteiger partial charge < -0.3 is 10.8 Å². The third-order valence-corrected chi connectivity index (χ3v) is 5.01. The standard InChI is InChI=1S/C15H26N2O3S/c1-3-12-10-14(16)13(4-2)15(11-12)21(19,20)17-8-6-5-7-9-18/h10-11,17-18H,3-9,16H2,1-2H3. The van der Waals surface area contributed by atoms with Crippen LogP contribution in [0.5, 0.6) is 0 Å². The number of nitrogen functional groups attached to an aromatic ring is 1. The summed E-state index contributed by atoms with van der Waals surface area (Å²) < 4.78 is 27.5. The molecule has 0 fully saturated rings. The van der Waals surface area contributed by atoms with Crippen LogP contribution in [0, 0.1) is 0 Å². The van der Waals surface area contributed by atoms with E-state index in [1.807, 2.05) is 19.9 Å². The molecule has 0 bridgehead atoms. The van der Waals surface area contributed by atoms with Crippen molar-refractivity contribution in [2.45, 2.75) is 50.8 Å². The molecule has 1 aromatic carbocycles. The summed E-state index contributed by atoms with van der Waals surface area (Å²) in [6.07, 6.45) is 3.53. The van der Waals surface area contributed by atoms with Gasteiger partial charge in [-0.3, -0.25) is 0 Å². The minimum Gasteiger partial charge on any atom is -0.398 e. The molecule has 0 aliphatic heterocycles. The lowest BCUT2D eigenvalue weighted by Gasteiger charge is -2.14. The molecule has 4 N–H and O–H groups in total. The maximum Gasteiger partial charge on any atom is 0.240 e. The van der Waals surface area contributed by atoms with E-state index in [1.54, 1.807) is 6.07 Å². The van der Waals surface area contributed by atoms with Crippen molar-refractivity contribution in [3.63, 3.8) is 0 Å². The monoisotopic (exact) mass is 314 g/mol. The summed E-state index contributed by atoms with van der Waals surface area (Å²) in [5.74, 6) is 0. The molecule has 0 spiro atoms. The van der Waals surface area contributed by atoms with Crippen LogP contribution in [0.15, 0.2) is 17.0 Å². The van der Waals surface area contributed by atoms with Crippen LogP contribution in [-0.2, 0) is 22.9 Å². The Bertz CT molecular complexity index is 556. The molecule has 0 saturated carbocycles. The molecule has 1 aromatic rings. The van der Waals surface area contributed by atoms with Crippen molar-refractivity contribution < 1.29 is 13.5 Å². The van der Waals surface area contributed by atoms with Gasteiger partial charge >= 0.3 is 0 Å². The van der Waals surface area contributed by atoms with Crippen LogP contribution < -0.4 is 10.5 Å². The second-order valence-corrected chi connectivity index (χ2v) is 6.79. The molecule has 0 heterocycles. The predicted molar refractivity (Wildman–Crippen MR) is 85.7 cm³/mol. The highest BCUT2D eigenvalue weighted by Crippen LogP contribution is 2.25. The first-order chi connectivity index (χ1) is 9.96. The number of rotatable bonds is 9. The Kier molecular flexibility index (Phi) is 7.14. The Hall–Kier alpha value is -1.11. The molecule has 21 heavy (non-hydrogen) atoms. The molecular formula is C15H26N2O3S. The van der Waals surface area contributed by atoms with Gasteiger partial charge in [-0.25, -0.2) is 13.1 Å². The number of anilines is 1. The predicted octanol–water partition coefficient (Wildman–Crippen LogP) is 1.83. The number of nitrogens with one attached hydrogen (secondary N) is 1. The molecule has 0 saturated heterocycles. The van der Waals surface area contributed by atoms with E-state index in [-0.39, 0.29) is 6.61 Å². The third kappa shape index (κ3) is 4.98. The molecule has 1 rings (SSSR count). The molecule has 0 aliphatic rings. The quantitative estimate of drug-likeness (QED) is 0.479. The van der Waals surface area contributed by atoms with Crippen LogP contribution in [0.2, 0.25) is 0 Å². The van der Waals surface area contributed by atoms with Gasteiger partial charge in [-0.1, -0.05) is 13.8 Å². The Morgan fingerprint density at radius 1 is 1.14 bits per heavy atom. The Morgan fingerprint density at radius 3 is 2.43 bits per heavy atom. The maximum absolute atomic E-state index is 12.4. The molecule has 0 amide bonds. The minimum absolute atomic E-state index is 0.141. The van der Waals surface area contributed by atoms with E-state index in [4.69, 9.17) is 10.8 Å². The Labute approximate surface area is 127 Å². The van der Waals surface area contributed by atoms with E-state index in [1.165, 1.54) is 0 Å². The van der Waals surface area contributed by atoms with Gasteiger partial charge in [-0.15, -0.1) is 0 Å². The molecule has 120 valence electrons. The van der Waals surface area contributed by atoms with Crippen LogP contribution in [-0.4, -0.2) is 26.7 Å². The van der Waals surface area contributed by atoms with Crippen molar-refractivity contribution in [2.75, 3.05) is 18.9 Å². The van der Waals surface area contributed by atoms with Gasteiger partial charge in [0.25, 0.3) is 0 Å². The van der Waals surface area contributed by atoms with E-state index < -0.39 is 10.0 Å². The molecule has 0 atom stereocenters. The van der Waals surface area contributed by atoms with Crippen LogP contribution in [0.3, 0.4) is 0 Å². The lowest BCUT2D eigenvalue weighted by molar-refractivity contribution is 0.283. The van der Waals surface area contributed by atoms with Crippen molar-refractivity contribution in [3.8, 4) is 0 Å². The number of hydrogen-bond acceptors (Lipinski definition) is 4. The summed E-state index contributed by atoms with van der Waals surface area (Å²) in [5, 5.41) is 8.71. The van der Waals surface area contributed by atoms with E-state index in [9.17, 15) is 8.42 Å². The number of unbranched alkanes of at least 4 members (excludes halogenated alkanes) is 2. The first kappa shape index (κ1) is 17.9. The Balaban J connectivity index is 2.93. The number of nitrogens with two attached hydrogens (primary N) is 1. The highest BCUT2D eigenvalue weighted by atomic mass is 32.2. The van der Waals surface area contributed by atoms with Crippen LogP contribution >= 0.6 is 0 Å². The number of aliphatic hydroxyl groups excluding tert-OH is 1. The number of aryl methyl sites for hydroxylation is 1. The van der Waals surface area contributed by atoms with Gasteiger partial charge in [0.2, 0.25) is 10.0 Å². The zero-order valence-corrected chi connectivity index (χ0v) is 13.7. The summed E-state index contributed by atoms with van der Waals surface area (Å²) in [4.78, 5) is 0.295. The number of aliphatic hydroxyl groups is 1. The van der Waals surface area contributed by atoms with Crippen LogP contribution in [0.1, 0.15) is 44.2 Å². The number of hydrogen-bond donors (Lipinski definition) is 3. The van der Waals surface area contributed by atoms with Crippen molar-refractivity contribution in [3.05, 3.63) is 23.3 Å². The zero-order valence-electron chi connectivity index (χ0n) is 12.9. The SMILES string of the molecule is CCc1cc(N)c(CC)c(S(=O)(=O)NCCCCCO)c1. The molecule has 5 nitrogen and oxygen atoms in total. The fourth-order valence-electron chi connectivity index (χ4n) is 2.25. The van der Waals surface area contributed by atoms with Crippen LogP contribution in [0.25, 0.3) is 0 Å². The molecule has 0 aromatic heterocycles. The summed E-state index contributed by atoms with van der Waals surface area (Å²) in [5.41, 5.74) is 8.12. The number of benzene rings is 1. The smallest absolute Gasteiger partial charge is 0.240 e. The normalized spacial score (nSPS) is 11.8. The van der Waals surface area contributed by atoms with Gasteiger partial charge in [0, 0.05) is 18.8 Å². The lowest BCUT2D eigenvalue weighted by atomic mass is 10.1. The largest absolute Gasteiger partial charge is 0.398 e. The summed E-state index contributed by atoms with van der Waals surface area (Å²) in [6.45, 7) is 4.39. The molecular weight excluding hydrogens is 288 g/mol. The van der Waals surface area contributed by atoms with Crippen molar-refractivity contribution in [2.24, 2.45) is 0 Å². The van der Waals surface area contributed by atoms with Gasteiger partial charge in [0.05, 0.1) is 4.90 Å². The van der Waals surface area contributed by atoms with Crippen LogP contribution in [0.4, 0.5) is 5.69 Å². The van der Waals surface area contributed by atoms with Gasteiger partial charge in [-0.05, 0) is 55.4 Å². The van der Waals surface area contributed by atoms with Crippen molar-refractivity contribution in [1.29, 1.82) is 0 Å². The fourth-order valence-corrected chi connectivity index (χ4v) is 3.71. The third-order valence-electron chi connectivity index (χ3n) is 3.48. The molecule has 6 heteroatoms. The van der Waals surface area contributed by atoms with Crippen molar-refractivity contribution in [1.82, 2.24) is 4.72 Å². The average molecular weight is 314 g/mol. The first-order valence-electron chi connectivity index (χ1n) is 7.48. The first-order valence-corrected chi connectivity index (χ1v) is 8.96. The van der Waals surface area contributed by atoms with E-state index >= 15 is 0 Å². The topological polar surface area (TPSA) is 92.4 Å². The van der Waals surface area contributed by atoms with Gasteiger partial charge in [-0.2, -0.15) is 0 Å². The zero-order chi connectivity index (χ0) is 15.9. The van der Waals surface area contributed by atoms with Gasteiger partial charge in [0.1, 0.15) is 0 Å². The summed E-state index contributed by atoms with van der Waals surface area (Å²) in [7, 11) is -3.54. The molecule has 0 aliphatic carbocycles. The average Bonchev–Trinajstić information content (AvgIpc) is 2.46. The molecule has 0 radical (unpaired) electrons. The van der Waals surface area contributed by atoms with E-state index in [0.29, 0.717) is 42.0 Å². The number of sulfonamides is 1. The molecule has 0 unspecified atom stereocenters. The second kappa shape index (κ2) is 8.36. The highest BCUT2D eigenvalue weighted by Gasteiger charge is 2.19. The summed E-state index contributed by atoms with van der Waals surface area (Å²) >= 11 is 0. The second-order valence-electron chi connectivity index (χ2n) is 5.05. The highest BCUT2D eigenvalue weighted by molar-refractivity contribution is 7.89. The summed E-state index contributed by atoms with van der Waals surface area (Å²) in [6, 6.07) is 3.56. The van der Waals surface area contributed by atoms with E-state index in [2.05, 4.69) is 4.72 Å². The maximum atomic E-state index is 12.4. The van der Waals surface area contributed by atoms with Crippen molar-refractivity contribution >= 4 is 15.7 Å². The minimum atomic E-state index is -3.54. The lowest BCUT2D eigenvalue weighted by Crippen LogP contribution is -2.26. The van der Waals surface area contributed by atoms with E-state index in [0.717, 1.165) is 18.4 Å². The fraction of sp³-hybridized carbons (Fsp3) is 0.600.